The van der Waals surface area contributed by atoms with Crippen molar-refractivity contribution in [2.45, 2.75) is 19.8 Å². The van der Waals surface area contributed by atoms with Crippen LogP contribution in [0, 0.1) is 6.92 Å². The molecule has 6 nitrogen and oxygen atoms in total. The normalized spacial score (nSPS) is 10.4. The summed E-state index contributed by atoms with van der Waals surface area (Å²) in [5.41, 5.74) is 2.45. The molecule has 0 atom stereocenters. The van der Waals surface area contributed by atoms with Crippen molar-refractivity contribution >= 4 is 5.91 Å². The summed E-state index contributed by atoms with van der Waals surface area (Å²) in [6.07, 6.45) is 3.45. The molecule has 1 heterocycles. The zero-order valence-corrected chi connectivity index (χ0v) is 12.1. The Balaban J connectivity index is 1.83. The number of phenols is 1. The van der Waals surface area contributed by atoms with Crippen LogP contribution in [-0.4, -0.2) is 34.9 Å². The molecular formula is C15H19N3O3. The molecule has 1 aromatic carbocycles. The largest absolute Gasteiger partial charge is 0.507 e. The number of methoxy groups -OCH3 is 1. The molecule has 3 N–H and O–H groups in total. The second-order valence-corrected chi connectivity index (χ2v) is 4.76. The van der Waals surface area contributed by atoms with E-state index in [2.05, 4.69) is 15.5 Å². The number of nitrogens with one attached hydrogen (secondary N) is 2. The third kappa shape index (κ3) is 3.75. The van der Waals surface area contributed by atoms with Crippen molar-refractivity contribution in [2.24, 2.45) is 0 Å². The number of nitrogens with zero attached hydrogens (tertiary/aromatic N) is 1. The van der Waals surface area contributed by atoms with Gasteiger partial charge in [0, 0.05) is 18.3 Å². The van der Waals surface area contributed by atoms with E-state index >= 15 is 0 Å². The molecule has 0 aliphatic rings. The van der Waals surface area contributed by atoms with E-state index in [0.717, 1.165) is 24.1 Å². The van der Waals surface area contributed by atoms with Crippen molar-refractivity contribution in [3.05, 3.63) is 41.2 Å². The number of aryl methyl sites for hydroxylation is 2. The number of carbonyl (C=O) groups is 1. The van der Waals surface area contributed by atoms with Gasteiger partial charge < -0.3 is 15.2 Å². The number of aromatic amines is 1. The molecule has 0 unspecified atom stereocenters. The predicted octanol–water partition coefficient (Wildman–Crippen LogP) is 1.79. The molecule has 0 bridgehead atoms. The fraction of sp³-hybridized carbons (Fsp3) is 0.333. The van der Waals surface area contributed by atoms with Crippen molar-refractivity contribution in [2.75, 3.05) is 13.7 Å². The summed E-state index contributed by atoms with van der Waals surface area (Å²) in [7, 11) is 1.51. The number of H-pyrrole nitrogens is 1. The molecule has 0 fully saturated rings. The highest BCUT2D eigenvalue weighted by Gasteiger charge is 2.11. The van der Waals surface area contributed by atoms with Gasteiger partial charge in [0.2, 0.25) is 0 Å². The lowest BCUT2D eigenvalue weighted by Crippen LogP contribution is -2.24. The van der Waals surface area contributed by atoms with E-state index in [0.29, 0.717) is 12.3 Å². The maximum absolute atomic E-state index is 12.0. The number of rotatable bonds is 6. The number of carbonyl (C=O) groups excluding carboxylic acids is 1. The van der Waals surface area contributed by atoms with Gasteiger partial charge in [0.1, 0.15) is 11.5 Å². The van der Waals surface area contributed by atoms with Gasteiger partial charge in [-0.3, -0.25) is 9.89 Å². The van der Waals surface area contributed by atoms with Gasteiger partial charge in [0.15, 0.2) is 0 Å². The zero-order valence-electron chi connectivity index (χ0n) is 12.1. The highest BCUT2D eigenvalue weighted by atomic mass is 16.5. The van der Waals surface area contributed by atoms with Crippen molar-refractivity contribution in [1.82, 2.24) is 15.5 Å². The SMILES string of the molecule is COc1ccc(C(=O)NCCCc2cn[nH]c2C)c(O)c1. The minimum Gasteiger partial charge on any atom is -0.507 e. The van der Waals surface area contributed by atoms with Crippen molar-refractivity contribution in [3.63, 3.8) is 0 Å². The summed E-state index contributed by atoms with van der Waals surface area (Å²) in [6, 6.07) is 4.61. The monoisotopic (exact) mass is 289 g/mol. The van der Waals surface area contributed by atoms with Crippen molar-refractivity contribution < 1.29 is 14.6 Å². The van der Waals surface area contributed by atoms with Crippen LogP contribution in [0.3, 0.4) is 0 Å². The third-order valence-corrected chi connectivity index (χ3v) is 3.29. The molecular weight excluding hydrogens is 270 g/mol. The Kier molecular flexibility index (Phi) is 4.81. The van der Waals surface area contributed by atoms with Crippen LogP contribution in [0.1, 0.15) is 28.0 Å². The zero-order chi connectivity index (χ0) is 15.2. The maximum Gasteiger partial charge on any atom is 0.255 e. The lowest BCUT2D eigenvalue weighted by Gasteiger charge is -2.08. The highest BCUT2D eigenvalue weighted by Crippen LogP contribution is 2.23. The molecule has 0 saturated carbocycles. The molecule has 0 radical (unpaired) electrons. The molecule has 0 aliphatic carbocycles. The minimum atomic E-state index is -0.293. The molecule has 0 saturated heterocycles. The standard InChI is InChI=1S/C15H19N3O3/c1-10-11(9-17-18-10)4-3-7-16-15(20)13-6-5-12(21-2)8-14(13)19/h5-6,8-9,19H,3-4,7H2,1-2H3,(H,16,20)(H,17,18). The Morgan fingerprint density at radius 2 is 2.29 bits per heavy atom. The summed E-state index contributed by atoms with van der Waals surface area (Å²) in [4.78, 5) is 12.0. The predicted molar refractivity (Wildman–Crippen MR) is 78.6 cm³/mol. The van der Waals surface area contributed by atoms with E-state index in [9.17, 15) is 9.90 Å². The number of aromatic nitrogens is 2. The highest BCUT2D eigenvalue weighted by molar-refractivity contribution is 5.96. The lowest BCUT2D eigenvalue weighted by atomic mass is 10.1. The van der Waals surface area contributed by atoms with Crippen LogP contribution in [0.5, 0.6) is 11.5 Å². The first-order chi connectivity index (χ1) is 10.1. The van der Waals surface area contributed by atoms with Crippen LogP contribution in [0.4, 0.5) is 0 Å². The van der Waals surface area contributed by atoms with Gasteiger partial charge in [-0.25, -0.2) is 0 Å². The minimum absolute atomic E-state index is 0.0856. The summed E-state index contributed by atoms with van der Waals surface area (Å²) in [5, 5.41) is 19.4. The number of ether oxygens (including phenoxy) is 1. The Morgan fingerprint density at radius 1 is 1.48 bits per heavy atom. The van der Waals surface area contributed by atoms with Gasteiger partial charge >= 0.3 is 0 Å². The van der Waals surface area contributed by atoms with E-state index in [1.54, 1.807) is 18.3 Å². The van der Waals surface area contributed by atoms with Gasteiger partial charge in [-0.05, 0) is 37.5 Å². The average molecular weight is 289 g/mol. The molecule has 2 aromatic rings. The van der Waals surface area contributed by atoms with Crippen LogP contribution in [0.15, 0.2) is 24.4 Å². The van der Waals surface area contributed by atoms with Crippen LogP contribution < -0.4 is 10.1 Å². The Morgan fingerprint density at radius 3 is 2.90 bits per heavy atom. The number of hydrogen-bond donors (Lipinski definition) is 3. The molecule has 0 aliphatic heterocycles. The summed E-state index contributed by atoms with van der Waals surface area (Å²) in [6.45, 7) is 2.51. The topological polar surface area (TPSA) is 87.2 Å². The summed E-state index contributed by atoms with van der Waals surface area (Å²) >= 11 is 0. The molecule has 21 heavy (non-hydrogen) atoms. The van der Waals surface area contributed by atoms with E-state index in [1.807, 2.05) is 6.92 Å². The lowest BCUT2D eigenvalue weighted by molar-refractivity contribution is 0.0950. The first kappa shape index (κ1) is 14.9. The molecule has 6 heteroatoms. The fourth-order valence-corrected chi connectivity index (χ4v) is 2.03. The maximum atomic E-state index is 12.0. The Labute approximate surface area is 123 Å². The van der Waals surface area contributed by atoms with E-state index in [-0.39, 0.29) is 17.2 Å². The molecule has 0 spiro atoms. The smallest absolute Gasteiger partial charge is 0.255 e. The molecule has 1 aromatic heterocycles. The first-order valence-corrected chi connectivity index (χ1v) is 6.76. The quantitative estimate of drug-likeness (QED) is 0.708. The van der Waals surface area contributed by atoms with Gasteiger partial charge in [0.25, 0.3) is 5.91 Å². The Bertz CT molecular complexity index is 622. The summed E-state index contributed by atoms with van der Waals surface area (Å²) < 4.78 is 4.98. The second-order valence-electron chi connectivity index (χ2n) is 4.76. The van der Waals surface area contributed by atoms with E-state index < -0.39 is 0 Å². The van der Waals surface area contributed by atoms with E-state index in [1.165, 1.54) is 13.2 Å². The molecule has 2 rings (SSSR count). The fourth-order valence-electron chi connectivity index (χ4n) is 2.03. The van der Waals surface area contributed by atoms with Gasteiger partial charge in [-0.2, -0.15) is 5.10 Å². The van der Waals surface area contributed by atoms with Gasteiger partial charge in [-0.1, -0.05) is 0 Å². The average Bonchev–Trinajstić information content (AvgIpc) is 2.88. The van der Waals surface area contributed by atoms with Crippen LogP contribution >= 0.6 is 0 Å². The van der Waals surface area contributed by atoms with Gasteiger partial charge in [-0.15, -0.1) is 0 Å². The third-order valence-electron chi connectivity index (χ3n) is 3.29. The number of hydrogen-bond acceptors (Lipinski definition) is 4. The van der Waals surface area contributed by atoms with Gasteiger partial charge in [0.05, 0.1) is 18.9 Å². The van der Waals surface area contributed by atoms with Crippen LogP contribution in [-0.2, 0) is 6.42 Å². The summed E-state index contributed by atoms with van der Waals surface area (Å²) in [5.74, 6) is 0.135. The number of benzene rings is 1. The number of amides is 1. The van der Waals surface area contributed by atoms with Crippen molar-refractivity contribution in [1.29, 1.82) is 0 Å². The Hall–Kier alpha value is -2.50. The van der Waals surface area contributed by atoms with Crippen molar-refractivity contribution in [3.8, 4) is 11.5 Å². The molecule has 1 amide bonds. The van der Waals surface area contributed by atoms with E-state index in [4.69, 9.17) is 4.74 Å². The van der Waals surface area contributed by atoms with Crippen LogP contribution in [0.25, 0.3) is 0 Å². The molecule has 112 valence electrons. The second kappa shape index (κ2) is 6.78. The number of aromatic hydroxyl groups is 1. The first-order valence-electron chi connectivity index (χ1n) is 6.76. The number of phenolic OH excluding ortho intramolecular Hbond substituents is 1. The van der Waals surface area contributed by atoms with Crippen LogP contribution in [0.2, 0.25) is 0 Å².